The highest BCUT2D eigenvalue weighted by molar-refractivity contribution is 9.15. The Balaban J connectivity index is 3.05. The number of hydrogen-bond acceptors (Lipinski definition) is 1. The molecule has 20 heavy (non-hydrogen) atoms. The first kappa shape index (κ1) is 17.3. The molecule has 0 saturated carbocycles. The van der Waals surface area contributed by atoms with Crippen LogP contribution in [-0.2, 0) is 0 Å². The lowest BCUT2D eigenvalue weighted by molar-refractivity contribution is 0.260. The maximum atomic E-state index is 4.25. The molecule has 0 aromatic carbocycles. The summed E-state index contributed by atoms with van der Waals surface area (Å²) >= 11 is 3.60. The molecular formula is C17H27BrN2. The zero-order valence-electron chi connectivity index (χ0n) is 13.3. The Morgan fingerprint density at radius 1 is 1.50 bits per heavy atom. The summed E-state index contributed by atoms with van der Waals surface area (Å²) in [4.78, 5) is 5.66. The normalized spacial score (nSPS) is 16.8. The number of H-pyrrole nitrogens is 1. The summed E-state index contributed by atoms with van der Waals surface area (Å²) in [5.41, 5.74) is 1.32. The fourth-order valence-corrected chi connectivity index (χ4v) is 3.25. The van der Waals surface area contributed by atoms with E-state index in [1.807, 2.05) is 19.1 Å². The van der Waals surface area contributed by atoms with Crippen LogP contribution in [0.1, 0.15) is 45.1 Å². The largest absolute Gasteiger partial charge is 0.360 e. The zero-order valence-corrected chi connectivity index (χ0v) is 14.9. The first-order valence-corrected chi connectivity index (χ1v) is 8.06. The Morgan fingerprint density at radius 2 is 2.15 bits per heavy atom. The van der Waals surface area contributed by atoms with E-state index in [2.05, 4.69) is 66.5 Å². The third kappa shape index (κ3) is 4.10. The fourth-order valence-electron chi connectivity index (χ4n) is 2.63. The van der Waals surface area contributed by atoms with Gasteiger partial charge in [0.2, 0.25) is 0 Å². The van der Waals surface area contributed by atoms with E-state index in [0.717, 1.165) is 21.5 Å². The Kier molecular flexibility index (Phi) is 6.77. The van der Waals surface area contributed by atoms with Crippen molar-refractivity contribution in [2.45, 2.75) is 45.6 Å². The quantitative estimate of drug-likeness (QED) is 0.842. The number of hydrogen-bond donors (Lipinski definition) is 1. The average Bonchev–Trinajstić information content (AvgIpc) is 2.77. The standard InChI is InChI=1S/C17H27BrN2/c1-7-9-16(18)17-13(4)15(11-19-17)12(3)10-14(8-2)20(5)6/h7,9,11-12,14,19H,4,8,10H2,1-3,5-6H3/b9-7-,17-16-. The van der Waals surface area contributed by atoms with Gasteiger partial charge in [0.15, 0.2) is 0 Å². The van der Waals surface area contributed by atoms with Crippen LogP contribution in [0, 0.1) is 0 Å². The Morgan fingerprint density at radius 3 is 2.65 bits per heavy atom. The molecule has 0 aliphatic carbocycles. The third-order valence-corrected chi connectivity index (χ3v) is 4.59. The van der Waals surface area contributed by atoms with Crippen molar-refractivity contribution in [2.75, 3.05) is 14.1 Å². The molecule has 1 aromatic rings. The maximum Gasteiger partial charge on any atom is 0.0595 e. The Labute approximate surface area is 131 Å². The van der Waals surface area contributed by atoms with Crippen LogP contribution in [-0.4, -0.2) is 30.0 Å². The summed E-state index contributed by atoms with van der Waals surface area (Å²) in [5, 5.41) is 2.19. The van der Waals surface area contributed by atoms with Gasteiger partial charge in [-0.1, -0.05) is 32.6 Å². The Bertz CT molecular complexity index is 554. The topological polar surface area (TPSA) is 19.0 Å². The lowest BCUT2D eigenvalue weighted by Gasteiger charge is -2.25. The van der Waals surface area contributed by atoms with Gasteiger partial charge in [-0.3, -0.25) is 0 Å². The minimum absolute atomic E-state index is 0.505. The zero-order chi connectivity index (χ0) is 15.3. The monoisotopic (exact) mass is 338 g/mol. The molecule has 0 bridgehead atoms. The number of halogens is 1. The number of allylic oxidation sites excluding steroid dienone is 2. The molecule has 2 atom stereocenters. The molecule has 0 saturated heterocycles. The van der Waals surface area contributed by atoms with E-state index in [4.69, 9.17) is 0 Å². The summed E-state index contributed by atoms with van der Waals surface area (Å²) in [6.07, 6.45) is 8.51. The molecule has 0 aliphatic rings. The number of aromatic nitrogens is 1. The summed E-state index contributed by atoms with van der Waals surface area (Å²) in [6, 6.07) is 0.616. The van der Waals surface area contributed by atoms with E-state index in [0.29, 0.717) is 12.0 Å². The molecule has 2 unspecified atom stereocenters. The summed E-state index contributed by atoms with van der Waals surface area (Å²) in [6.45, 7) is 10.8. The molecule has 112 valence electrons. The van der Waals surface area contributed by atoms with E-state index >= 15 is 0 Å². The average molecular weight is 339 g/mol. The van der Waals surface area contributed by atoms with Crippen LogP contribution in [0.2, 0.25) is 0 Å². The molecule has 2 nitrogen and oxygen atoms in total. The number of nitrogens with zero attached hydrogens (tertiary/aromatic N) is 1. The fraction of sp³-hybridized carbons (Fsp3) is 0.529. The van der Waals surface area contributed by atoms with Gasteiger partial charge in [-0.2, -0.15) is 0 Å². The summed E-state index contributed by atoms with van der Waals surface area (Å²) < 4.78 is 1.06. The van der Waals surface area contributed by atoms with Crippen LogP contribution in [0.4, 0.5) is 0 Å². The highest BCUT2D eigenvalue weighted by Crippen LogP contribution is 2.20. The first-order chi connectivity index (χ1) is 9.42. The van der Waals surface area contributed by atoms with E-state index in [9.17, 15) is 0 Å². The molecule has 1 N–H and O–H groups in total. The Hall–Kier alpha value is -0.800. The molecule has 1 heterocycles. The number of rotatable bonds is 6. The predicted molar refractivity (Wildman–Crippen MR) is 93.5 cm³/mol. The van der Waals surface area contributed by atoms with E-state index in [-0.39, 0.29) is 0 Å². The van der Waals surface area contributed by atoms with Gasteiger partial charge in [-0.25, -0.2) is 0 Å². The second-order valence-corrected chi connectivity index (χ2v) is 6.46. The van der Waals surface area contributed by atoms with Crippen molar-refractivity contribution in [1.29, 1.82) is 0 Å². The van der Waals surface area contributed by atoms with Crippen molar-refractivity contribution in [2.24, 2.45) is 0 Å². The third-order valence-electron chi connectivity index (χ3n) is 3.93. The van der Waals surface area contributed by atoms with Crippen LogP contribution >= 0.6 is 15.9 Å². The highest BCUT2D eigenvalue weighted by Gasteiger charge is 2.16. The summed E-state index contributed by atoms with van der Waals surface area (Å²) in [5.74, 6) is 0.505. The van der Waals surface area contributed by atoms with Gasteiger partial charge >= 0.3 is 0 Å². The van der Waals surface area contributed by atoms with Gasteiger partial charge in [-0.05, 0) is 66.5 Å². The minimum atomic E-state index is 0.505. The molecular weight excluding hydrogens is 312 g/mol. The van der Waals surface area contributed by atoms with Crippen LogP contribution in [0.25, 0.3) is 11.1 Å². The van der Waals surface area contributed by atoms with Crippen LogP contribution in [0.3, 0.4) is 0 Å². The molecule has 0 spiro atoms. The van der Waals surface area contributed by atoms with Crippen LogP contribution in [0.15, 0.2) is 18.3 Å². The maximum absolute atomic E-state index is 4.25. The predicted octanol–water partition coefficient (Wildman–Crippen LogP) is 3.34. The van der Waals surface area contributed by atoms with Crippen molar-refractivity contribution in [3.63, 3.8) is 0 Å². The van der Waals surface area contributed by atoms with Gasteiger partial charge < -0.3 is 9.88 Å². The van der Waals surface area contributed by atoms with Crippen molar-refractivity contribution >= 4 is 27.0 Å². The van der Waals surface area contributed by atoms with Gasteiger partial charge in [0.05, 0.1) is 5.35 Å². The lowest BCUT2D eigenvalue weighted by Crippen LogP contribution is -2.30. The number of nitrogens with one attached hydrogen (secondary N) is 1. The lowest BCUT2D eigenvalue weighted by atomic mass is 9.93. The second-order valence-electron chi connectivity index (χ2n) is 5.61. The van der Waals surface area contributed by atoms with E-state index < -0.39 is 0 Å². The molecule has 1 rings (SSSR count). The first-order valence-electron chi connectivity index (χ1n) is 7.27. The van der Waals surface area contributed by atoms with Gasteiger partial charge in [0.1, 0.15) is 0 Å². The molecule has 0 aliphatic heterocycles. The van der Waals surface area contributed by atoms with Gasteiger partial charge in [0.25, 0.3) is 0 Å². The van der Waals surface area contributed by atoms with Crippen LogP contribution < -0.4 is 10.6 Å². The second kappa shape index (κ2) is 7.84. The molecule has 0 fully saturated rings. The highest BCUT2D eigenvalue weighted by atomic mass is 79.9. The summed E-state index contributed by atoms with van der Waals surface area (Å²) in [7, 11) is 4.32. The van der Waals surface area contributed by atoms with Gasteiger partial charge in [-0.15, -0.1) is 0 Å². The molecule has 0 amide bonds. The van der Waals surface area contributed by atoms with Crippen molar-refractivity contribution in [3.8, 4) is 0 Å². The van der Waals surface area contributed by atoms with Crippen molar-refractivity contribution < 1.29 is 0 Å². The van der Waals surface area contributed by atoms with E-state index in [1.54, 1.807) is 0 Å². The molecule has 1 aromatic heterocycles. The minimum Gasteiger partial charge on any atom is -0.360 e. The van der Waals surface area contributed by atoms with Gasteiger partial charge in [0, 0.05) is 16.7 Å². The van der Waals surface area contributed by atoms with Crippen molar-refractivity contribution in [3.05, 3.63) is 34.5 Å². The number of aromatic amines is 1. The smallest absolute Gasteiger partial charge is 0.0595 e. The van der Waals surface area contributed by atoms with Crippen LogP contribution in [0.5, 0.6) is 0 Å². The molecule has 0 radical (unpaired) electrons. The molecule has 3 heteroatoms. The SMILES string of the molecule is C=c1c(C(C)CC(CC)N(C)C)c[nH]/c1=C(Br)/C=C\C. The van der Waals surface area contributed by atoms with E-state index in [1.165, 1.54) is 12.0 Å². The van der Waals surface area contributed by atoms with Crippen molar-refractivity contribution in [1.82, 2.24) is 9.88 Å².